The van der Waals surface area contributed by atoms with Gasteiger partial charge in [-0.1, -0.05) is 49.6 Å². The van der Waals surface area contributed by atoms with Gasteiger partial charge in [0.15, 0.2) is 5.60 Å². The summed E-state index contributed by atoms with van der Waals surface area (Å²) >= 11 is 0. The highest BCUT2D eigenvalue weighted by Crippen LogP contribution is 2.44. The molecule has 124 valence electrons. The third-order valence-electron chi connectivity index (χ3n) is 6.15. The van der Waals surface area contributed by atoms with Gasteiger partial charge < -0.3 is 15.7 Å². The van der Waals surface area contributed by atoms with Gasteiger partial charge in [-0.25, -0.2) is 0 Å². The first-order valence-corrected chi connectivity index (χ1v) is 9.01. The van der Waals surface area contributed by atoms with E-state index in [1.165, 1.54) is 6.42 Å². The quantitative estimate of drug-likeness (QED) is 0.794. The Morgan fingerprint density at radius 3 is 2.39 bits per heavy atom. The monoisotopic (exact) mass is 314 g/mol. The summed E-state index contributed by atoms with van der Waals surface area (Å²) in [5, 5.41) is 18.0. The maximum absolute atomic E-state index is 13.1. The molecule has 1 aliphatic heterocycles. The lowest BCUT2D eigenvalue weighted by atomic mass is 9.73. The maximum atomic E-state index is 13.1. The van der Waals surface area contributed by atoms with Gasteiger partial charge >= 0.3 is 0 Å². The van der Waals surface area contributed by atoms with E-state index in [0.717, 1.165) is 44.3 Å². The molecule has 23 heavy (non-hydrogen) atoms. The number of aliphatic hydroxyl groups is 1. The van der Waals surface area contributed by atoms with Gasteiger partial charge in [0, 0.05) is 25.0 Å². The van der Waals surface area contributed by atoms with Gasteiger partial charge in [0.05, 0.1) is 0 Å². The lowest BCUT2D eigenvalue weighted by molar-refractivity contribution is -0.149. The minimum Gasteiger partial charge on any atom is -0.375 e. The van der Waals surface area contributed by atoms with Gasteiger partial charge in [0.2, 0.25) is 0 Å². The summed E-state index contributed by atoms with van der Waals surface area (Å²) < 4.78 is 0. The molecule has 1 heterocycles. The first-order valence-electron chi connectivity index (χ1n) is 9.01. The largest absolute Gasteiger partial charge is 0.375 e. The van der Waals surface area contributed by atoms with E-state index in [1.54, 1.807) is 0 Å². The molecule has 1 aromatic carbocycles. The van der Waals surface area contributed by atoms with Crippen molar-refractivity contribution >= 4 is 5.91 Å². The molecule has 3 fully saturated rings. The number of carbonyl (C=O) groups is 1. The zero-order valence-electron chi connectivity index (χ0n) is 13.5. The van der Waals surface area contributed by atoms with Crippen molar-refractivity contribution in [2.45, 2.75) is 43.7 Å². The molecular weight excluding hydrogens is 288 g/mol. The average Bonchev–Trinajstić information content (AvgIpc) is 3.04. The highest BCUT2D eigenvalue weighted by Gasteiger charge is 2.56. The first-order chi connectivity index (χ1) is 11.2. The normalized spacial score (nSPS) is 32.8. The summed E-state index contributed by atoms with van der Waals surface area (Å²) in [4.78, 5) is 13.1. The van der Waals surface area contributed by atoms with E-state index < -0.39 is 5.60 Å². The van der Waals surface area contributed by atoms with Crippen LogP contribution in [0.4, 0.5) is 0 Å². The molecule has 2 unspecified atom stereocenters. The number of hydrogen-bond donors (Lipinski definition) is 3. The Morgan fingerprint density at radius 2 is 1.74 bits per heavy atom. The van der Waals surface area contributed by atoms with Crippen LogP contribution in [0.1, 0.15) is 37.7 Å². The minimum absolute atomic E-state index is 0.0235. The molecule has 4 atom stereocenters. The lowest BCUT2D eigenvalue weighted by Crippen LogP contribution is -2.51. The number of amides is 1. The second-order valence-corrected chi connectivity index (χ2v) is 7.45. The Bertz CT molecular complexity index is 560. The molecule has 0 radical (unpaired) electrons. The van der Waals surface area contributed by atoms with Gasteiger partial charge in [-0.3, -0.25) is 4.79 Å². The molecule has 2 aliphatic carbocycles. The molecule has 4 heteroatoms. The molecule has 0 aromatic heterocycles. The smallest absolute Gasteiger partial charge is 0.257 e. The van der Waals surface area contributed by atoms with Crippen molar-refractivity contribution in [2.75, 3.05) is 13.1 Å². The third-order valence-corrected chi connectivity index (χ3v) is 6.15. The van der Waals surface area contributed by atoms with Crippen molar-refractivity contribution in [2.24, 2.45) is 17.8 Å². The molecule has 0 spiro atoms. The molecule has 4 rings (SSSR count). The molecule has 3 N–H and O–H groups in total. The van der Waals surface area contributed by atoms with Crippen molar-refractivity contribution in [3.8, 4) is 0 Å². The van der Waals surface area contributed by atoms with E-state index in [0.29, 0.717) is 11.8 Å². The predicted octanol–water partition coefficient (Wildman–Crippen LogP) is 1.79. The summed E-state index contributed by atoms with van der Waals surface area (Å²) in [6.45, 7) is 1.98. The number of hydrogen-bond acceptors (Lipinski definition) is 3. The summed E-state index contributed by atoms with van der Waals surface area (Å²) in [5.74, 6) is 0.959. The second-order valence-electron chi connectivity index (χ2n) is 7.45. The van der Waals surface area contributed by atoms with Crippen LogP contribution in [0.5, 0.6) is 0 Å². The SMILES string of the molecule is O=C(N[C@H]1C2CNC[C@@H]21)C(O)(c1ccccc1)C1CCCCC1. The maximum Gasteiger partial charge on any atom is 0.257 e. The third kappa shape index (κ3) is 2.58. The van der Waals surface area contributed by atoms with Crippen LogP contribution in [0, 0.1) is 17.8 Å². The van der Waals surface area contributed by atoms with E-state index in [-0.39, 0.29) is 17.9 Å². The molecule has 4 nitrogen and oxygen atoms in total. The minimum atomic E-state index is -1.38. The van der Waals surface area contributed by atoms with Gasteiger partial charge in [-0.05, 0) is 30.2 Å². The fourth-order valence-electron chi connectivity index (χ4n) is 4.66. The number of carbonyl (C=O) groups excluding carboxylic acids is 1. The molecule has 3 aliphatic rings. The lowest BCUT2D eigenvalue weighted by Gasteiger charge is -2.37. The highest BCUT2D eigenvalue weighted by molar-refractivity contribution is 5.87. The Balaban J connectivity index is 1.58. The molecule has 0 bridgehead atoms. The Kier molecular flexibility index (Phi) is 3.90. The Hall–Kier alpha value is -1.39. The summed E-state index contributed by atoms with van der Waals surface area (Å²) in [6.07, 6.45) is 5.27. The molecule has 1 aromatic rings. The van der Waals surface area contributed by atoms with Crippen LogP contribution in [-0.4, -0.2) is 30.1 Å². The molecular formula is C19H26N2O2. The van der Waals surface area contributed by atoms with Crippen molar-refractivity contribution in [3.05, 3.63) is 35.9 Å². The van der Waals surface area contributed by atoms with Crippen molar-refractivity contribution < 1.29 is 9.90 Å². The second kappa shape index (κ2) is 5.91. The van der Waals surface area contributed by atoms with Crippen molar-refractivity contribution in [1.82, 2.24) is 10.6 Å². The number of rotatable bonds is 4. The highest BCUT2D eigenvalue weighted by atomic mass is 16.3. The van der Waals surface area contributed by atoms with Crippen LogP contribution < -0.4 is 10.6 Å². The van der Waals surface area contributed by atoms with Crippen molar-refractivity contribution in [3.63, 3.8) is 0 Å². The van der Waals surface area contributed by atoms with E-state index >= 15 is 0 Å². The van der Waals surface area contributed by atoms with Crippen LogP contribution in [0.2, 0.25) is 0 Å². The average molecular weight is 314 g/mol. The van der Waals surface area contributed by atoms with Gasteiger partial charge in [-0.15, -0.1) is 0 Å². The van der Waals surface area contributed by atoms with Gasteiger partial charge in [0.25, 0.3) is 5.91 Å². The van der Waals surface area contributed by atoms with Crippen molar-refractivity contribution in [1.29, 1.82) is 0 Å². The number of nitrogens with one attached hydrogen (secondary N) is 2. The van der Waals surface area contributed by atoms with Crippen LogP contribution in [0.25, 0.3) is 0 Å². The first kappa shape index (κ1) is 15.2. The molecule has 1 saturated heterocycles. The molecule has 1 amide bonds. The summed E-state index contributed by atoms with van der Waals surface area (Å²) in [5.41, 5.74) is -0.639. The number of fused-ring (bicyclic) bond motifs is 1. The van der Waals surface area contributed by atoms with Gasteiger partial charge in [-0.2, -0.15) is 0 Å². The van der Waals surface area contributed by atoms with E-state index in [9.17, 15) is 9.90 Å². The fraction of sp³-hybridized carbons (Fsp3) is 0.632. The Labute approximate surface area is 137 Å². The fourth-order valence-corrected chi connectivity index (χ4v) is 4.66. The Morgan fingerprint density at radius 1 is 1.09 bits per heavy atom. The number of benzene rings is 1. The van der Waals surface area contributed by atoms with E-state index in [1.807, 2.05) is 30.3 Å². The standard InChI is InChI=1S/C19H26N2O2/c22-18(21-17-15-11-20-12-16(15)17)19(23,13-7-3-1-4-8-13)14-9-5-2-6-10-14/h1,3-4,7-8,14-17,20,23H,2,5-6,9-12H2,(H,21,22)/t15-,16?,17+,19?/m0/s1. The summed E-state index contributed by atoms with van der Waals surface area (Å²) in [6, 6.07) is 9.79. The van der Waals surface area contributed by atoms with Crippen LogP contribution in [-0.2, 0) is 10.4 Å². The molecule has 2 saturated carbocycles. The zero-order chi connectivity index (χ0) is 15.9. The van der Waals surface area contributed by atoms with Crippen LogP contribution in [0.3, 0.4) is 0 Å². The van der Waals surface area contributed by atoms with Crippen LogP contribution >= 0.6 is 0 Å². The summed E-state index contributed by atoms with van der Waals surface area (Å²) in [7, 11) is 0. The van der Waals surface area contributed by atoms with Crippen LogP contribution in [0.15, 0.2) is 30.3 Å². The number of piperidine rings is 1. The van der Waals surface area contributed by atoms with Gasteiger partial charge in [0.1, 0.15) is 0 Å². The van der Waals surface area contributed by atoms with E-state index in [4.69, 9.17) is 0 Å². The zero-order valence-corrected chi connectivity index (χ0v) is 13.5. The van der Waals surface area contributed by atoms with E-state index in [2.05, 4.69) is 10.6 Å². The topological polar surface area (TPSA) is 61.4 Å². The predicted molar refractivity (Wildman–Crippen MR) is 88.7 cm³/mol.